The van der Waals surface area contributed by atoms with Crippen molar-refractivity contribution in [2.75, 3.05) is 17.7 Å². The third-order valence-electron chi connectivity index (χ3n) is 5.48. The average molecular weight is 442 g/mol. The molecule has 31 heavy (non-hydrogen) atoms. The molecule has 2 aromatic rings. The molecule has 0 radical (unpaired) electrons. The number of nitrogens with zero attached hydrogens (tertiary/aromatic N) is 3. The van der Waals surface area contributed by atoms with E-state index < -0.39 is 12.1 Å². The molecule has 7 nitrogen and oxygen atoms in total. The Morgan fingerprint density at radius 2 is 1.87 bits per heavy atom. The Hall–Kier alpha value is -2.74. The fourth-order valence-electron chi connectivity index (χ4n) is 3.82. The summed E-state index contributed by atoms with van der Waals surface area (Å²) in [6.45, 7) is 7.54. The smallest absolute Gasteiger partial charge is 0.306 e. The minimum atomic E-state index is -0.881. The van der Waals surface area contributed by atoms with Crippen molar-refractivity contribution < 1.29 is 19.1 Å². The molecule has 0 N–H and O–H groups in total. The standard InChI is InChI=1S/C23H27N3O4S/c1-13-19(14(2)25-23(24-13)31-5)7-9-21(28)30-15(3)22(29)18-6-8-20-17(12-18)10-11-26(20)16(4)27/h6,8,12,15H,7,9-11H2,1-5H3/t15-/m1/s1. The first-order chi connectivity index (χ1) is 14.7. The van der Waals surface area contributed by atoms with Gasteiger partial charge in [-0.25, -0.2) is 9.97 Å². The minimum Gasteiger partial charge on any atom is -0.454 e. The van der Waals surface area contributed by atoms with E-state index in [2.05, 4.69) is 9.97 Å². The lowest BCUT2D eigenvalue weighted by Crippen LogP contribution is -2.26. The van der Waals surface area contributed by atoms with Crippen LogP contribution in [0.4, 0.5) is 5.69 Å². The van der Waals surface area contributed by atoms with Crippen molar-refractivity contribution >= 4 is 35.1 Å². The summed E-state index contributed by atoms with van der Waals surface area (Å²) in [6, 6.07) is 5.27. The summed E-state index contributed by atoms with van der Waals surface area (Å²) in [5.41, 5.74) is 4.92. The Bertz CT molecular complexity index is 1010. The van der Waals surface area contributed by atoms with Gasteiger partial charge in [0.15, 0.2) is 11.3 Å². The van der Waals surface area contributed by atoms with Gasteiger partial charge in [-0.2, -0.15) is 0 Å². The zero-order chi connectivity index (χ0) is 22.7. The van der Waals surface area contributed by atoms with E-state index >= 15 is 0 Å². The topological polar surface area (TPSA) is 89.5 Å². The Morgan fingerprint density at radius 1 is 1.19 bits per heavy atom. The fraction of sp³-hybridized carbons (Fsp3) is 0.435. The first-order valence-electron chi connectivity index (χ1n) is 10.2. The molecule has 1 aliphatic rings. The predicted octanol–water partition coefficient (Wildman–Crippen LogP) is 3.47. The van der Waals surface area contributed by atoms with Gasteiger partial charge in [-0.1, -0.05) is 11.8 Å². The first kappa shape index (κ1) is 22.9. The van der Waals surface area contributed by atoms with E-state index in [0.29, 0.717) is 30.1 Å². The van der Waals surface area contributed by atoms with Crippen LogP contribution < -0.4 is 4.90 Å². The van der Waals surface area contributed by atoms with Crippen LogP contribution in [0.5, 0.6) is 0 Å². The number of hydrogen-bond acceptors (Lipinski definition) is 7. The molecule has 164 valence electrons. The minimum absolute atomic E-state index is 0.0147. The highest BCUT2D eigenvalue weighted by molar-refractivity contribution is 7.98. The highest BCUT2D eigenvalue weighted by atomic mass is 32.2. The van der Waals surface area contributed by atoms with Gasteiger partial charge >= 0.3 is 5.97 Å². The molecule has 0 fully saturated rings. The van der Waals surface area contributed by atoms with Gasteiger partial charge in [0.25, 0.3) is 0 Å². The van der Waals surface area contributed by atoms with E-state index in [1.807, 2.05) is 20.1 Å². The number of anilines is 1. The van der Waals surface area contributed by atoms with Gasteiger partial charge in [0, 0.05) is 42.5 Å². The van der Waals surface area contributed by atoms with Crippen LogP contribution in [0, 0.1) is 13.8 Å². The van der Waals surface area contributed by atoms with Gasteiger partial charge in [-0.05, 0) is 69.2 Å². The maximum atomic E-state index is 12.8. The molecule has 0 unspecified atom stereocenters. The van der Waals surface area contributed by atoms with Crippen LogP contribution >= 0.6 is 11.8 Å². The highest BCUT2D eigenvalue weighted by Gasteiger charge is 2.25. The molecule has 1 aromatic heterocycles. The number of carbonyl (C=O) groups excluding carboxylic acids is 3. The summed E-state index contributed by atoms with van der Waals surface area (Å²) in [6.07, 6.45) is 2.36. The van der Waals surface area contributed by atoms with Crippen molar-refractivity contribution in [2.24, 2.45) is 0 Å². The van der Waals surface area contributed by atoms with Crippen molar-refractivity contribution in [2.45, 2.75) is 58.2 Å². The van der Waals surface area contributed by atoms with Crippen LogP contribution in [0.1, 0.15) is 53.1 Å². The van der Waals surface area contributed by atoms with Crippen LogP contribution in [-0.4, -0.2) is 46.5 Å². The summed E-state index contributed by atoms with van der Waals surface area (Å²) in [4.78, 5) is 47.4. The molecule has 0 bridgehead atoms. The van der Waals surface area contributed by atoms with Gasteiger partial charge in [0.2, 0.25) is 11.7 Å². The second kappa shape index (κ2) is 9.60. The van der Waals surface area contributed by atoms with Crippen molar-refractivity contribution in [1.82, 2.24) is 9.97 Å². The second-order valence-electron chi connectivity index (χ2n) is 7.62. The molecule has 1 amide bonds. The van der Waals surface area contributed by atoms with Crippen molar-refractivity contribution in [3.8, 4) is 0 Å². The number of fused-ring (bicyclic) bond motifs is 1. The van der Waals surface area contributed by atoms with Crippen LogP contribution in [0.2, 0.25) is 0 Å². The zero-order valence-electron chi connectivity index (χ0n) is 18.5. The lowest BCUT2D eigenvalue weighted by molar-refractivity contribution is -0.146. The van der Waals surface area contributed by atoms with Gasteiger partial charge in [0.05, 0.1) is 0 Å². The average Bonchev–Trinajstić information content (AvgIpc) is 3.15. The number of thioether (sulfide) groups is 1. The van der Waals surface area contributed by atoms with E-state index in [1.54, 1.807) is 30.0 Å². The Morgan fingerprint density at radius 3 is 2.48 bits per heavy atom. The van der Waals surface area contributed by atoms with Crippen molar-refractivity contribution in [3.63, 3.8) is 0 Å². The molecule has 1 aromatic carbocycles. The van der Waals surface area contributed by atoms with Crippen molar-refractivity contribution in [1.29, 1.82) is 0 Å². The lowest BCUT2D eigenvalue weighted by Gasteiger charge is -2.16. The van der Waals surface area contributed by atoms with E-state index in [9.17, 15) is 14.4 Å². The number of hydrogen-bond donors (Lipinski definition) is 0. The monoisotopic (exact) mass is 441 g/mol. The molecular formula is C23H27N3O4S. The third kappa shape index (κ3) is 5.12. The summed E-state index contributed by atoms with van der Waals surface area (Å²) >= 11 is 1.48. The summed E-state index contributed by atoms with van der Waals surface area (Å²) in [5, 5.41) is 0.710. The van der Waals surface area contributed by atoms with Crippen LogP contribution in [0.15, 0.2) is 23.4 Å². The van der Waals surface area contributed by atoms with E-state index in [0.717, 1.165) is 28.2 Å². The molecule has 1 aliphatic heterocycles. The molecule has 0 spiro atoms. The normalized spacial score (nSPS) is 13.6. The number of aromatic nitrogens is 2. The van der Waals surface area contributed by atoms with Gasteiger partial charge in [-0.3, -0.25) is 14.4 Å². The third-order valence-corrected chi connectivity index (χ3v) is 6.03. The number of Topliss-reactive ketones (excluding diaryl/α,β-unsaturated/α-hetero) is 1. The zero-order valence-corrected chi connectivity index (χ0v) is 19.3. The molecule has 0 aliphatic carbocycles. The Labute approximate surface area is 186 Å². The maximum Gasteiger partial charge on any atom is 0.306 e. The van der Waals surface area contributed by atoms with Crippen molar-refractivity contribution in [3.05, 3.63) is 46.3 Å². The van der Waals surface area contributed by atoms with Gasteiger partial charge in [0.1, 0.15) is 0 Å². The van der Waals surface area contributed by atoms with E-state index in [-0.39, 0.29) is 18.1 Å². The van der Waals surface area contributed by atoms with Gasteiger partial charge in [-0.15, -0.1) is 0 Å². The quantitative estimate of drug-likeness (QED) is 0.281. The summed E-state index contributed by atoms with van der Waals surface area (Å²) in [5.74, 6) is -0.700. The van der Waals surface area contributed by atoms with Crippen LogP contribution in [0.3, 0.4) is 0 Å². The Kier molecular flexibility index (Phi) is 7.10. The van der Waals surface area contributed by atoms with E-state index in [4.69, 9.17) is 4.74 Å². The van der Waals surface area contributed by atoms with E-state index in [1.165, 1.54) is 18.7 Å². The molecule has 1 atom stereocenters. The number of amides is 1. The number of ether oxygens (including phenoxy) is 1. The molecule has 2 heterocycles. The fourth-order valence-corrected chi connectivity index (χ4v) is 4.27. The van der Waals surface area contributed by atoms with Crippen LogP contribution in [-0.2, 0) is 27.2 Å². The largest absolute Gasteiger partial charge is 0.454 e. The number of ketones is 1. The number of benzene rings is 1. The molecular weight excluding hydrogens is 414 g/mol. The lowest BCUT2D eigenvalue weighted by atomic mass is 10.0. The summed E-state index contributed by atoms with van der Waals surface area (Å²) < 4.78 is 5.39. The van der Waals surface area contributed by atoms with Gasteiger partial charge < -0.3 is 9.64 Å². The highest BCUT2D eigenvalue weighted by Crippen LogP contribution is 2.29. The Balaban J connectivity index is 1.60. The summed E-state index contributed by atoms with van der Waals surface area (Å²) in [7, 11) is 0. The molecule has 0 saturated heterocycles. The molecule has 3 rings (SSSR count). The van der Waals surface area contributed by atoms with Crippen LogP contribution in [0.25, 0.3) is 0 Å². The second-order valence-corrected chi connectivity index (χ2v) is 8.39. The number of carbonyl (C=O) groups is 3. The maximum absolute atomic E-state index is 12.8. The first-order valence-corrected chi connectivity index (χ1v) is 11.5. The number of aryl methyl sites for hydroxylation is 2. The molecule has 8 heteroatoms. The number of esters is 1. The SMILES string of the molecule is CSc1nc(C)c(CCC(=O)O[C@H](C)C(=O)c2ccc3c(c2)CCN3C(C)=O)c(C)n1. The predicted molar refractivity (Wildman–Crippen MR) is 120 cm³/mol. The molecule has 0 saturated carbocycles. The number of rotatable bonds is 7.